The molecule has 1 aliphatic rings. The van der Waals surface area contributed by atoms with E-state index in [1.165, 1.54) is 9.13 Å². The van der Waals surface area contributed by atoms with Gasteiger partial charge in [-0.05, 0) is 91.5 Å². The lowest BCUT2D eigenvalue weighted by molar-refractivity contribution is -0.118. The first-order valence-electron chi connectivity index (χ1n) is 11.0. The Labute approximate surface area is 213 Å². The number of H-pyrrole nitrogens is 1. The molecule has 3 N–H and O–H groups in total. The van der Waals surface area contributed by atoms with Crippen LogP contribution in [-0.4, -0.2) is 21.0 Å². The van der Waals surface area contributed by atoms with Crippen molar-refractivity contribution < 1.29 is 4.79 Å². The van der Waals surface area contributed by atoms with Crippen LogP contribution < -0.4 is 15.5 Å². The lowest BCUT2D eigenvalue weighted by Crippen LogP contribution is -2.30. The number of nitrogens with zero attached hydrogens (tertiary/aromatic N) is 2. The number of hydrogen-bond acceptors (Lipinski definition) is 3. The fraction of sp³-hybridized carbons (Fsp3) is 0.320. The summed E-state index contributed by atoms with van der Waals surface area (Å²) in [4.78, 5) is 22.5. The molecule has 1 aromatic carbocycles. The molecule has 0 radical (unpaired) electrons. The van der Waals surface area contributed by atoms with Gasteiger partial charge in [-0.25, -0.2) is 0 Å². The van der Waals surface area contributed by atoms with Crippen molar-refractivity contribution in [2.75, 3.05) is 10.2 Å². The first-order valence-corrected chi connectivity index (χ1v) is 12.4. The third-order valence-corrected chi connectivity index (χ3v) is 7.71. The molecule has 33 heavy (non-hydrogen) atoms. The Morgan fingerprint density at radius 3 is 2.52 bits per heavy atom. The molecule has 2 aromatic heterocycles. The number of rotatable bonds is 5. The van der Waals surface area contributed by atoms with Gasteiger partial charge in [-0.3, -0.25) is 9.78 Å². The van der Waals surface area contributed by atoms with Crippen molar-refractivity contribution in [1.29, 1.82) is 0 Å². The van der Waals surface area contributed by atoms with Crippen LogP contribution >= 0.6 is 34.8 Å². The summed E-state index contributed by atoms with van der Waals surface area (Å²) in [6.07, 6.45) is 1.82. The van der Waals surface area contributed by atoms with Crippen molar-refractivity contribution in [2.24, 2.45) is 5.92 Å². The molecule has 3 heterocycles. The SMILES string of the molecule is Cc1cc(N2C(=S)NC(c3ccccn3)C2c2c(C)[nH]c(C)c2I)ccc1NC(=O)C(C)C. The van der Waals surface area contributed by atoms with E-state index >= 15 is 0 Å². The summed E-state index contributed by atoms with van der Waals surface area (Å²) in [6, 6.07) is 11.9. The van der Waals surface area contributed by atoms with Crippen LogP contribution in [0.3, 0.4) is 0 Å². The van der Waals surface area contributed by atoms with E-state index in [4.69, 9.17) is 12.2 Å². The van der Waals surface area contributed by atoms with Gasteiger partial charge in [0.25, 0.3) is 0 Å². The molecule has 0 bridgehead atoms. The lowest BCUT2D eigenvalue weighted by atomic mass is 9.96. The van der Waals surface area contributed by atoms with Crippen LogP contribution in [0.2, 0.25) is 0 Å². The van der Waals surface area contributed by atoms with Crippen LogP contribution in [0.25, 0.3) is 0 Å². The Balaban J connectivity index is 1.80. The molecule has 0 spiro atoms. The number of anilines is 2. The van der Waals surface area contributed by atoms with Crippen molar-refractivity contribution in [3.05, 3.63) is 74.4 Å². The third kappa shape index (κ3) is 4.50. The van der Waals surface area contributed by atoms with Crippen molar-refractivity contribution in [1.82, 2.24) is 15.3 Å². The van der Waals surface area contributed by atoms with E-state index in [2.05, 4.69) is 68.0 Å². The number of aromatic nitrogens is 2. The number of nitrogens with one attached hydrogen (secondary N) is 3. The zero-order chi connectivity index (χ0) is 23.9. The Bertz CT molecular complexity index is 1210. The van der Waals surface area contributed by atoms with Crippen LogP contribution in [0.4, 0.5) is 11.4 Å². The van der Waals surface area contributed by atoms with Gasteiger partial charge in [-0.2, -0.15) is 0 Å². The number of halogens is 1. The highest BCUT2D eigenvalue weighted by Gasteiger charge is 2.43. The maximum absolute atomic E-state index is 12.2. The molecule has 1 saturated heterocycles. The highest BCUT2D eigenvalue weighted by Crippen LogP contribution is 2.45. The summed E-state index contributed by atoms with van der Waals surface area (Å²) < 4.78 is 1.20. The Morgan fingerprint density at radius 1 is 1.18 bits per heavy atom. The molecule has 0 saturated carbocycles. The quantitative estimate of drug-likeness (QED) is 0.270. The molecule has 2 atom stereocenters. The normalized spacial score (nSPS) is 18.0. The topological polar surface area (TPSA) is 73.1 Å². The second-order valence-electron chi connectivity index (χ2n) is 8.74. The third-order valence-electron chi connectivity index (χ3n) is 6.01. The van der Waals surface area contributed by atoms with Gasteiger partial charge in [0.05, 0.1) is 17.8 Å². The molecular formula is C25H28IN5OS. The Kier molecular flexibility index (Phi) is 6.76. The fourth-order valence-corrected chi connectivity index (χ4v) is 5.47. The summed E-state index contributed by atoms with van der Waals surface area (Å²) in [7, 11) is 0. The number of carbonyl (C=O) groups excluding carboxylic acids is 1. The largest absolute Gasteiger partial charge is 0.362 e. The number of benzene rings is 1. The maximum Gasteiger partial charge on any atom is 0.226 e. The number of carbonyl (C=O) groups is 1. The molecule has 3 aromatic rings. The summed E-state index contributed by atoms with van der Waals surface area (Å²) in [5.41, 5.74) is 7.20. The zero-order valence-corrected chi connectivity index (χ0v) is 22.3. The van der Waals surface area contributed by atoms with E-state index < -0.39 is 0 Å². The Morgan fingerprint density at radius 2 is 1.94 bits per heavy atom. The van der Waals surface area contributed by atoms with E-state index in [9.17, 15) is 4.79 Å². The van der Waals surface area contributed by atoms with E-state index in [1.807, 2.05) is 57.3 Å². The van der Waals surface area contributed by atoms with Gasteiger partial charge < -0.3 is 20.5 Å². The first kappa shape index (κ1) is 23.7. The van der Waals surface area contributed by atoms with Crippen molar-refractivity contribution in [2.45, 2.75) is 46.7 Å². The molecule has 0 aliphatic carbocycles. The van der Waals surface area contributed by atoms with E-state index in [1.54, 1.807) is 0 Å². The highest BCUT2D eigenvalue weighted by atomic mass is 127. The molecule has 1 amide bonds. The number of aromatic amines is 1. The van der Waals surface area contributed by atoms with Gasteiger partial charge in [-0.1, -0.05) is 19.9 Å². The molecule has 1 fully saturated rings. The number of aryl methyl sites for hydroxylation is 3. The summed E-state index contributed by atoms with van der Waals surface area (Å²) in [6.45, 7) is 9.98. The van der Waals surface area contributed by atoms with Gasteiger partial charge in [0, 0.05) is 44.0 Å². The average Bonchev–Trinajstić information content (AvgIpc) is 3.24. The fourth-order valence-electron chi connectivity index (χ4n) is 4.26. The molecule has 1 aliphatic heterocycles. The second kappa shape index (κ2) is 9.42. The van der Waals surface area contributed by atoms with Crippen LogP contribution in [-0.2, 0) is 4.79 Å². The van der Waals surface area contributed by atoms with E-state index in [-0.39, 0.29) is 23.9 Å². The van der Waals surface area contributed by atoms with Crippen LogP contribution in [0.15, 0.2) is 42.6 Å². The number of thiocarbonyl (C=S) groups is 1. The zero-order valence-electron chi connectivity index (χ0n) is 19.4. The molecule has 172 valence electrons. The van der Waals surface area contributed by atoms with Gasteiger partial charge in [0.15, 0.2) is 5.11 Å². The monoisotopic (exact) mass is 573 g/mol. The average molecular weight is 574 g/mol. The predicted molar refractivity (Wildman–Crippen MR) is 146 cm³/mol. The van der Waals surface area contributed by atoms with Crippen LogP contribution in [0.5, 0.6) is 0 Å². The van der Waals surface area contributed by atoms with Crippen LogP contribution in [0, 0.1) is 30.3 Å². The minimum atomic E-state index is -0.0956. The summed E-state index contributed by atoms with van der Waals surface area (Å²) >= 11 is 8.27. The first-order chi connectivity index (χ1) is 15.7. The molecule has 2 unspecified atom stereocenters. The van der Waals surface area contributed by atoms with Gasteiger partial charge in [0.1, 0.15) is 0 Å². The lowest BCUT2D eigenvalue weighted by Gasteiger charge is -2.29. The van der Waals surface area contributed by atoms with Crippen molar-refractivity contribution in [3.63, 3.8) is 0 Å². The van der Waals surface area contributed by atoms with E-state index in [0.29, 0.717) is 5.11 Å². The van der Waals surface area contributed by atoms with Gasteiger partial charge >= 0.3 is 0 Å². The number of pyridine rings is 1. The summed E-state index contributed by atoms with van der Waals surface area (Å²) in [5, 5.41) is 7.19. The number of hydrogen-bond donors (Lipinski definition) is 3. The molecule has 8 heteroatoms. The summed E-state index contributed by atoms with van der Waals surface area (Å²) in [5.74, 6) is -0.0740. The molecule has 4 rings (SSSR count). The molecule has 6 nitrogen and oxygen atoms in total. The van der Waals surface area contributed by atoms with E-state index in [0.717, 1.165) is 34.0 Å². The van der Waals surface area contributed by atoms with Crippen molar-refractivity contribution in [3.8, 4) is 0 Å². The standard InChI is InChI=1S/C25H28IN5OS/c1-13(2)24(32)29-18-10-9-17(12-14(18)3)31-23(20-15(4)28-16(5)21(20)26)22(30-25(31)33)19-8-6-7-11-27-19/h6-13,22-23,28H,1-5H3,(H,29,32)(H,30,33). The van der Waals surface area contributed by atoms with Gasteiger partial charge in [-0.15, -0.1) is 0 Å². The maximum atomic E-state index is 12.2. The minimum absolute atomic E-state index is 0.00489. The number of amides is 1. The molecular weight excluding hydrogens is 545 g/mol. The predicted octanol–water partition coefficient (Wildman–Crippen LogP) is 5.71. The van der Waals surface area contributed by atoms with Crippen LogP contribution in [0.1, 0.15) is 54.1 Å². The van der Waals surface area contributed by atoms with Gasteiger partial charge in [0.2, 0.25) is 5.91 Å². The Hall–Kier alpha value is -2.46. The second-order valence-corrected chi connectivity index (χ2v) is 10.2. The minimum Gasteiger partial charge on any atom is -0.362 e. The van der Waals surface area contributed by atoms with Crippen molar-refractivity contribution >= 4 is 57.2 Å². The highest BCUT2D eigenvalue weighted by molar-refractivity contribution is 14.1. The smallest absolute Gasteiger partial charge is 0.226 e.